The predicted molar refractivity (Wildman–Crippen MR) is 98.3 cm³/mol. The number of carbonyl (C=O) groups excluding carboxylic acids is 2. The lowest BCUT2D eigenvalue weighted by molar-refractivity contribution is -0.224. The first kappa shape index (κ1) is 18.1. The molecule has 0 amide bonds. The molecule has 3 saturated carbocycles. The van der Waals surface area contributed by atoms with Gasteiger partial charge in [0.15, 0.2) is 0 Å². The van der Waals surface area contributed by atoms with Gasteiger partial charge in [0, 0.05) is 10.8 Å². The summed E-state index contributed by atoms with van der Waals surface area (Å²) in [5.41, 5.74) is 1.14. The summed E-state index contributed by atoms with van der Waals surface area (Å²) in [6.45, 7) is 0. The van der Waals surface area contributed by atoms with Crippen molar-refractivity contribution in [1.29, 1.82) is 0 Å². The van der Waals surface area contributed by atoms with Crippen LogP contribution in [0.5, 0.6) is 0 Å². The molecule has 0 bridgehead atoms. The third-order valence-corrected chi connectivity index (χ3v) is 8.14. The van der Waals surface area contributed by atoms with E-state index in [0.29, 0.717) is 23.0 Å². The first-order valence-electron chi connectivity index (χ1n) is 10.6. The summed E-state index contributed by atoms with van der Waals surface area (Å²) in [6, 6.07) is 0. The molecule has 4 nitrogen and oxygen atoms in total. The van der Waals surface area contributed by atoms with Gasteiger partial charge in [0.2, 0.25) is 0 Å². The normalized spacial score (nSPS) is 39.3. The quantitative estimate of drug-likeness (QED) is 0.677. The van der Waals surface area contributed by atoms with Crippen LogP contribution < -0.4 is 0 Å². The van der Waals surface area contributed by atoms with Gasteiger partial charge < -0.3 is 9.47 Å². The minimum atomic E-state index is -0.290. The molecule has 0 heterocycles. The lowest BCUT2D eigenvalue weighted by Gasteiger charge is -2.77. The van der Waals surface area contributed by atoms with Crippen molar-refractivity contribution in [3.63, 3.8) is 0 Å². The number of ether oxygens (including phenoxy) is 2. The van der Waals surface area contributed by atoms with E-state index in [1.165, 1.54) is 65.6 Å². The Bertz CT molecular complexity index is 582. The van der Waals surface area contributed by atoms with Crippen LogP contribution in [0.2, 0.25) is 0 Å². The topological polar surface area (TPSA) is 52.6 Å². The van der Waals surface area contributed by atoms with Crippen molar-refractivity contribution in [3.05, 3.63) is 11.1 Å². The van der Waals surface area contributed by atoms with Gasteiger partial charge in [-0.15, -0.1) is 0 Å². The Labute approximate surface area is 156 Å². The standard InChI is InChI=1S/C22H32O4/c1-25-19(23)17-18(20(24)26-2)22-14-10-6-5-9-13-21(17,22)15-11-7-3-4-8-12-16(15)22/h15-16H,3-14H2,1-2H3/t15?,16?,21-,22+. The summed E-state index contributed by atoms with van der Waals surface area (Å²) in [7, 11) is 2.89. The maximum Gasteiger partial charge on any atom is 0.334 e. The number of methoxy groups -OCH3 is 2. The average Bonchev–Trinajstić information content (AvgIpc) is 2.62. The zero-order valence-electron chi connectivity index (χ0n) is 16.3. The van der Waals surface area contributed by atoms with E-state index in [2.05, 4.69) is 0 Å². The lowest BCUT2D eigenvalue weighted by Crippen LogP contribution is -2.75. The largest absolute Gasteiger partial charge is 0.466 e. The molecule has 4 heteroatoms. The SMILES string of the molecule is COC(=O)C1=C(C(=O)OC)[C@@]23CCCCCC[C@@]12C1CCCCCCC13. The van der Waals surface area contributed by atoms with E-state index in [0.717, 1.165) is 25.7 Å². The van der Waals surface area contributed by atoms with E-state index in [9.17, 15) is 9.59 Å². The minimum Gasteiger partial charge on any atom is -0.466 e. The van der Waals surface area contributed by atoms with Gasteiger partial charge in [0.05, 0.1) is 25.4 Å². The molecule has 2 unspecified atom stereocenters. The van der Waals surface area contributed by atoms with E-state index < -0.39 is 0 Å². The maximum atomic E-state index is 12.8. The van der Waals surface area contributed by atoms with Crippen LogP contribution in [0.25, 0.3) is 0 Å². The summed E-state index contributed by atoms with van der Waals surface area (Å²) in [5.74, 6) is 0.510. The van der Waals surface area contributed by atoms with Gasteiger partial charge in [-0.2, -0.15) is 0 Å². The number of fused-ring (bicyclic) bond motifs is 1. The summed E-state index contributed by atoms with van der Waals surface area (Å²) in [6.07, 6.45) is 14.3. The number of rotatable bonds is 2. The fourth-order valence-electron chi connectivity index (χ4n) is 7.43. The van der Waals surface area contributed by atoms with E-state index in [4.69, 9.17) is 9.47 Å². The van der Waals surface area contributed by atoms with Crippen molar-refractivity contribution in [1.82, 2.24) is 0 Å². The van der Waals surface area contributed by atoms with Crippen molar-refractivity contribution in [2.45, 2.75) is 77.0 Å². The highest BCUT2D eigenvalue weighted by atomic mass is 16.5. The van der Waals surface area contributed by atoms with Crippen molar-refractivity contribution in [2.24, 2.45) is 22.7 Å². The highest BCUT2D eigenvalue weighted by Crippen LogP contribution is 2.83. The highest BCUT2D eigenvalue weighted by molar-refractivity contribution is 6.07. The molecule has 0 saturated heterocycles. The summed E-state index contributed by atoms with van der Waals surface area (Å²) < 4.78 is 10.4. The second-order valence-electron chi connectivity index (χ2n) is 8.79. The van der Waals surface area contributed by atoms with Crippen LogP contribution in [0.4, 0.5) is 0 Å². The van der Waals surface area contributed by atoms with Gasteiger partial charge in [-0.1, -0.05) is 51.4 Å². The molecule has 144 valence electrons. The third-order valence-electron chi connectivity index (χ3n) is 8.14. The van der Waals surface area contributed by atoms with Crippen LogP contribution in [0, 0.1) is 22.7 Å². The molecule has 0 spiro atoms. The fourth-order valence-corrected chi connectivity index (χ4v) is 7.43. The molecule has 3 fully saturated rings. The van der Waals surface area contributed by atoms with E-state index >= 15 is 0 Å². The number of hydrogen-bond acceptors (Lipinski definition) is 4. The molecule has 4 aliphatic rings. The molecule has 0 aliphatic heterocycles. The molecule has 0 radical (unpaired) electrons. The fraction of sp³-hybridized carbons (Fsp3) is 0.818. The van der Waals surface area contributed by atoms with Gasteiger partial charge in [0.25, 0.3) is 0 Å². The molecular formula is C22H32O4. The Hall–Kier alpha value is -1.32. The van der Waals surface area contributed by atoms with Crippen LogP contribution in [0.15, 0.2) is 11.1 Å². The molecule has 4 atom stereocenters. The molecule has 4 rings (SSSR count). The van der Waals surface area contributed by atoms with E-state index in [1.807, 2.05) is 0 Å². The van der Waals surface area contributed by atoms with Crippen molar-refractivity contribution in [3.8, 4) is 0 Å². The van der Waals surface area contributed by atoms with Crippen LogP contribution in [0.1, 0.15) is 77.0 Å². The molecule has 0 aromatic carbocycles. The first-order valence-corrected chi connectivity index (χ1v) is 10.6. The Morgan fingerprint density at radius 2 is 1.08 bits per heavy atom. The van der Waals surface area contributed by atoms with Gasteiger partial charge in [-0.05, 0) is 37.5 Å². The Balaban J connectivity index is 1.87. The van der Waals surface area contributed by atoms with E-state index in [1.54, 1.807) is 0 Å². The smallest absolute Gasteiger partial charge is 0.334 e. The van der Waals surface area contributed by atoms with Crippen LogP contribution in [-0.4, -0.2) is 26.2 Å². The average molecular weight is 360 g/mol. The van der Waals surface area contributed by atoms with Crippen LogP contribution >= 0.6 is 0 Å². The molecule has 0 N–H and O–H groups in total. The summed E-state index contributed by atoms with van der Waals surface area (Å²) in [4.78, 5) is 25.6. The van der Waals surface area contributed by atoms with Gasteiger partial charge in [-0.25, -0.2) is 9.59 Å². The monoisotopic (exact) mass is 360 g/mol. The molecular weight excluding hydrogens is 328 g/mol. The Kier molecular flexibility index (Phi) is 4.65. The highest BCUT2D eigenvalue weighted by Gasteiger charge is 2.81. The second-order valence-corrected chi connectivity index (χ2v) is 8.79. The zero-order chi connectivity index (χ0) is 18.4. The number of hydrogen-bond donors (Lipinski definition) is 0. The van der Waals surface area contributed by atoms with Crippen molar-refractivity contribution >= 4 is 11.9 Å². The Morgan fingerprint density at radius 3 is 1.46 bits per heavy atom. The van der Waals surface area contributed by atoms with Gasteiger partial charge in [-0.3, -0.25) is 0 Å². The second kappa shape index (κ2) is 6.69. The lowest BCUT2D eigenvalue weighted by atomic mass is 9.24. The minimum absolute atomic E-state index is 0.119. The molecule has 26 heavy (non-hydrogen) atoms. The summed E-state index contributed by atoms with van der Waals surface area (Å²) in [5, 5.41) is 0. The third kappa shape index (κ3) is 2.07. The van der Waals surface area contributed by atoms with Gasteiger partial charge >= 0.3 is 11.9 Å². The zero-order valence-corrected chi connectivity index (χ0v) is 16.3. The van der Waals surface area contributed by atoms with Crippen molar-refractivity contribution < 1.29 is 19.1 Å². The first-order chi connectivity index (χ1) is 12.6. The summed E-state index contributed by atoms with van der Waals surface area (Å²) >= 11 is 0. The number of esters is 2. The Morgan fingerprint density at radius 1 is 0.692 bits per heavy atom. The van der Waals surface area contributed by atoms with Gasteiger partial charge in [0.1, 0.15) is 0 Å². The number of carbonyl (C=O) groups is 2. The predicted octanol–water partition coefficient (Wildman–Crippen LogP) is 4.57. The van der Waals surface area contributed by atoms with Crippen LogP contribution in [0.3, 0.4) is 0 Å². The van der Waals surface area contributed by atoms with Crippen LogP contribution in [-0.2, 0) is 19.1 Å². The molecule has 0 aromatic heterocycles. The van der Waals surface area contributed by atoms with E-state index in [-0.39, 0.29) is 22.8 Å². The molecule has 0 aromatic rings. The molecule has 4 aliphatic carbocycles. The van der Waals surface area contributed by atoms with Crippen molar-refractivity contribution in [2.75, 3.05) is 14.2 Å². The maximum absolute atomic E-state index is 12.8.